The average Bonchev–Trinajstić information content (AvgIpc) is 3.19. The Hall–Kier alpha value is -0.600. The summed E-state index contributed by atoms with van der Waals surface area (Å²) < 4.78 is -2.40. The highest BCUT2D eigenvalue weighted by Crippen LogP contribution is 2.52. The second-order valence-electron chi connectivity index (χ2n) is 5.27. The van der Waals surface area contributed by atoms with Crippen molar-refractivity contribution in [1.29, 1.82) is 0 Å². The van der Waals surface area contributed by atoms with Gasteiger partial charge in [0.15, 0.2) is 11.6 Å². The van der Waals surface area contributed by atoms with Crippen molar-refractivity contribution in [2.45, 2.75) is 47.2 Å². The zero-order chi connectivity index (χ0) is 18.7. The van der Waals surface area contributed by atoms with E-state index in [0.29, 0.717) is 12.2 Å². The predicted molar refractivity (Wildman–Crippen MR) is 97.8 cm³/mol. The normalized spacial score (nSPS) is 12.6. The lowest BCUT2D eigenvalue weighted by atomic mass is 10.1. The van der Waals surface area contributed by atoms with Crippen LogP contribution in [0.25, 0.3) is 0 Å². The van der Waals surface area contributed by atoms with Gasteiger partial charge < -0.3 is 0 Å². The molecule has 0 aliphatic heterocycles. The standard InChI is InChI=1S/C13H15Cl5N6O/c1-2-3-4-5-6-9-21-10(12(14,15)13(16,17)18)24(22-9)11(25)23-8-19-7-20-23/h7-8H,2-6H2,1H3. The van der Waals surface area contributed by atoms with Gasteiger partial charge in [-0.2, -0.15) is 14.5 Å². The molecule has 138 valence electrons. The zero-order valence-electron chi connectivity index (χ0n) is 13.2. The van der Waals surface area contributed by atoms with Crippen LogP contribution in [0.5, 0.6) is 0 Å². The molecule has 7 nitrogen and oxygen atoms in total. The number of aryl methyl sites for hydroxylation is 1. The molecule has 0 amide bonds. The van der Waals surface area contributed by atoms with Crippen LogP contribution in [0, 0.1) is 0 Å². The highest BCUT2D eigenvalue weighted by atomic mass is 35.6. The first-order valence-corrected chi connectivity index (χ1v) is 9.37. The maximum absolute atomic E-state index is 12.6. The summed E-state index contributed by atoms with van der Waals surface area (Å²) in [5.41, 5.74) is 0. The highest BCUT2D eigenvalue weighted by Gasteiger charge is 2.52. The first-order chi connectivity index (χ1) is 11.7. The molecule has 0 aliphatic carbocycles. The predicted octanol–water partition coefficient (Wildman–Crippen LogP) is 4.51. The van der Waals surface area contributed by atoms with Gasteiger partial charge >= 0.3 is 6.03 Å². The van der Waals surface area contributed by atoms with Gasteiger partial charge in [0, 0.05) is 6.42 Å². The van der Waals surface area contributed by atoms with Gasteiger partial charge in [-0.05, 0) is 6.42 Å². The number of hydrogen-bond acceptors (Lipinski definition) is 5. The Labute approximate surface area is 169 Å². The largest absolute Gasteiger partial charge is 0.372 e. The summed E-state index contributed by atoms with van der Waals surface area (Å²) in [5, 5.41) is 7.92. The van der Waals surface area contributed by atoms with Crippen molar-refractivity contribution < 1.29 is 4.79 Å². The van der Waals surface area contributed by atoms with Crippen LogP contribution in [-0.4, -0.2) is 39.4 Å². The molecule has 0 aliphatic rings. The van der Waals surface area contributed by atoms with Crippen molar-refractivity contribution in [1.82, 2.24) is 29.5 Å². The minimum atomic E-state index is -2.14. The topological polar surface area (TPSA) is 78.5 Å². The van der Waals surface area contributed by atoms with E-state index in [2.05, 4.69) is 27.1 Å². The third kappa shape index (κ3) is 4.77. The van der Waals surface area contributed by atoms with E-state index in [1.54, 1.807) is 0 Å². The van der Waals surface area contributed by atoms with Crippen LogP contribution in [0.15, 0.2) is 12.7 Å². The second-order valence-corrected chi connectivity index (χ2v) is 8.88. The van der Waals surface area contributed by atoms with Crippen LogP contribution in [0.1, 0.15) is 44.3 Å². The van der Waals surface area contributed by atoms with E-state index in [-0.39, 0.29) is 5.82 Å². The van der Waals surface area contributed by atoms with Crippen LogP contribution in [0.2, 0.25) is 0 Å². The number of aromatic nitrogens is 6. The van der Waals surface area contributed by atoms with Crippen LogP contribution in [0.4, 0.5) is 4.79 Å². The fourth-order valence-electron chi connectivity index (χ4n) is 2.04. The number of unbranched alkanes of at least 4 members (excludes halogenated alkanes) is 3. The van der Waals surface area contributed by atoms with Gasteiger partial charge in [-0.15, -0.1) is 5.10 Å². The Morgan fingerprint density at radius 3 is 2.44 bits per heavy atom. The van der Waals surface area contributed by atoms with Crippen molar-refractivity contribution in [2.24, 2.45) is 0 Å². The number of hydrogen-bond donors (Lipinski definition) is 0. The third-order valence-corrected chi connectivity index (χ3v) is 5.67. The van der Waals surface area contributed by atoms with Crippen molar-refractivity contribution in [3.8, 4) is 0 Å². The summed E-state index contributed by atoms with van der Waals surface area (Å²) in [6.45, 7) is 2.11. The van der Waals surface area contributed by atoms with Gasteiger partial charge in [0.2, 0.25) is 8.13 Å². The third-order valence-electron chi connectivity index (χ3n) is 3.34. The lowest BCUT2D eigenvalue weighted by molar-refractivity contribution is 0.237. The number of nitrogens with zero attached hydrogens (tertiary/aromatic N) is 6. The number of carbonyl (C=O) groups excluding carboxylic acids is 1. The summed E-state index contributed by atoms with van der Waals surface area (Å²) in [4.78, 5) is 20.5. The molecular formula is C13H15Cl5N6O. The summed E-state index contributed by atoms with van der Waals surface area (Å²) in [7, 11) is 0. The molecule has 0 atom stereocenters. The quantitative estimate of drug-likeness (QED) is 0.480. The summed E-state index contributed by atoms with van der Waals surface area (Å²) in [6, 6.07) is -0.695. The fraction of sp³-hybridized carbons (Fsp3) is 0.615. The van der Waals surface area contributed by atoms with Gasteiger partial charge in [0.25, 0.3) is 0 Å². The summed E-state index contributed by atoms with van der Waals surface area (Å²) in [5.74, 6) is 0.182. The SMILES string of the molecule is CCCCCCc1nc(C(Cl)(Cl)C(Cl)(Cl)Cl)n(C(=O)n2cncn2)n1. The van der Waals surface area contributed by atoms with E-state index in [9.17, 15) is 4.79 Å². The van der Waals surface area contributed by atoms with Crippen LogP contribution in [0.3, 0.4) is 0 Å². The zero-order valence-corrected chi connectivity index (χ0v) is 17.0. The van der Waals surface area contributed by atoms with Gasteiger partial charge in [0.05, 0.1) is 0 Å². The lowest BCUT2D eigenvalue weighted by Crippen LogP contribution is -2.35. The molecule has 0 unspecified atom stereocenters. The molecule has 0 saturated heterocycles. The van der Waals surface area contributed by atoms with Gasteiger partial charge in [-0.3, -0.25) is 0 Å². The van der Waals surface area contributed by atoms with E-state index in [0.717, 1.165) is 35.0 Å². The molecule has 0 saturated carbocycles. The van der Waals surface area contributed by atoms with Crippen LogP contribution < -0.4 is 0 Å². The Bertz CT molecular complexity index is 709. The maximum atomic E-state index is 12.6. The highest BCUT2D eigenvalue weighted by molar-refractivity contribution is 6.75. The summed E-state index contributed by atoms with van der Waals surface area (Å²) >= 11 is 30.0. The molecule has 2 heterocycles. The molecule has 0 N–H and O–H groups in total. The number of carbonyl (C=O) groups is 1. The first kappa shape index (κ1) is 20.7. The molecule has 2 aromatic heterocycles. The Kier molecular flexibility index (Phi) is 6.95. The Morgan fingerprint density at radius 2 is 1.88 bits per heavy atom. The molecule has 0 spiro atoms. The van der Waals surface area contributed by atoms with Gasteiger partial charge in [0.1, 0.15) is 12.7 Å². The number of halogens is 5. The van der Waals surface area contributed by atoms with E-state index in [1.165, 1.54) is 12.7 Å². The van der Waals surface area contributed by atoms with Crippen LogP contribution >= 0.6 is 58.0 Å². The average molecular weight is 449 g/mol. The molecule has 12 heteroatoms. The summed E-state index contributed by atoms with van der Waals surface area (Å²) in [6.07, 6.45) is 6.98. The molecule has 0 aromatic carbocycles. The van der Waals surface area contributed by atoms with E-state index >= 15 is 0 Å². The van der Waals surface area contributed by atoms with E-state index in [4.69, 9.17) is 58.0 Å². The number of alkyl halides is 5. The van der Waals surface area contributed by atoms with E-state index in [1.807, 2.05) is 0 Å². The van der Waals surface area contributed by atoms with Crippen molar-refractivity contribution in [3.63, 3.8) is 0 Å². The van der Waals surface area contributed by atoms with Crippen LogP contribution in [-0.2, 0) is 10.8 Å². The maximum Gasteiger partial charge on any atom is 0.372 e. The lowest BCUT2D eigenvalue weighted by Gasteiger charge is -2.25. The monoisotopic (exact) mass is 446 g/mol. The van der Waals surface area contributed by atoms with E-state index < -0.39 is 14.2 Å². The molecule has 0 fully saturated rings. The smallest absolute Gasteiger partial charge is 0.243 e. The second kappa shape index (κ2) is 8.39. The van der Waals surface area contributed by atoms with Gasteiger partial charge in [-0.1, -0.05) is 84.2 Å². The van der Waals surface area contributed by atoms with Gasteiger partial charge in [-0.25, -0.2) is 14.8 Å². The minimum absolute atomic E-state index is 0.193. The number of rotatable bonds is 6. The Morgan fingerprint density at radius 1 is 1.16 bits per heavy atom. The molecular weight excluding hydrogens is 433 g/mol. The first-order valence-electron chi connectivity index (χ1n) is 7.48. The fourth-order valence-corrected chi connectivity index (χ4v) is 2.54. The van der Waals surface area contributed by atoms with Crippen molar-refractivity contribution in [2.75, 3.05) is 0 Å². The van der Waals surface area contributed by atoms with Crippen molar-refractivity contribution >= 4 is 64.0 Å². The molecule has 0 radical (unpaired) electrons. The molecule has 2 rings (SSSR count). The minimum Gasteiger partial charge on any atom is -0.243 e. The Balaban J connectivity index is 2.38. The van der Waals surface area contributed by atoms with Crippen molar-refractivity contribution in [3.05, 3.63) is 24.3 Å². The molecule has 0 bridgehead atoms. The molecule has 2 aromatic rings. The molecule has 25 heavy (non-hydrogen) atoms.